The summed E-state index contributed by atoms with van der Waals surface area (Å²) in [6.45, 7) is 4.12. The number of rotatable bonds is 34. The summed E-state index contributed by atoms with van der Waals surface area (Å²) in [6.07, 6.45) is -0.235. The molecule has 440 valence electrons. The zero-order valence-electron chi connectivity index (χ0n) is 44.8. The molecule has 3 rings (SSSR count). The van der Waals surface area contributed by atoms with E-state index in [-0.39, 0.29) is 68.6 Å². The molecule has 0 saturated heterocycles. The molecule has 0 aliphatic carbocycles. The molecule has 8 amide bonds. The Kier molecular flexibility index (Phi) is 26.7. The summed E-state index contributed by atoms with van der Waals surface area (Å²) in [5.41, 5.74) is 17.7. The van der Waals surface area contributed by atoms with Crippen LogP contribution in [0.3, 0.4) is 0 Å². The number of para-hydroxylation sites is 1. The van der Waals surface area contributed by atoms with E-state index in [4.69, 9.17) is 17.2 Å². The van der Waals surface area contributed by atoms with Gasteiger partial charge in [-0.25, -0.2) is 4.79 Å². The molecular weight excluding hydrogens is 1050 g/mol. The fraction of sp³-hybridized carbons (Fsp3) is 0.510. The number of phenols is 1. The van der Waals surface area contributed by atoms with E-state index in [1.54, 1.807) is 52.0 Å². The number of guanidine groups is 1. The number of nitrogens with zero attached hydrogens (tertiary/aromatic N) is 1. The van der Waals surface area contributed by atoms with Crippen LogP contribution in [0, 0.1) is 11.8 Å². The number of hydrogen-bond acceptors (Lipinski definition) is 16. The molecule has 21 N–H and O–H groups in total. The Hall–Kier alpha value is -8.41. The second-order valence-electron chi connectivity index (χ2n) is 19.7. The van der Waals surface area contributed by atoms with Crippen LogP contribution in [-0.2, 0) is 60.8 Å². The minimum Gasteiger partial charge on any atom is -0.508 e. The normalized spacial score (nSPS) is 14.6. The van der Waals surface area contributed by atoms with E-state index < -0.39 is 140 Å². The lowest BCUT2D eigenvalue weighted by atomic mass is 9.99. The van der Waals surface area contributed by atoms with Gasteiger partial charge >= 0.3 is 11.9 Å². The van der Waals surface area contributed by atoms with Crippen LogP contribution in [0.4, 0.5) is 0 Å². The predicted octanol–water partition coefficient (Wildman–Crippen LogP) is -4.45. The van der Waals surface area contributed by atoms with Crippen LogP contribution in [-0.4, -0.2) is 182 Å². The highest BCUT2D eigenvalue weighted by Gasteiger charge is 2.36. The largest absolute Gasteiger partial charge is 0.508 e. The average molecular weight is 1130 g/mol. The van der Waals surface area contributed by atoms with Crippen LogP contribution in [0.25, 0.3) is 10.9 Å². The molecule has 0 unspecified atom stereocenters. The van der Waals surface area contributed by atoms with Crippen LogP contribution in [0.15, 0.2) is 59.7 Å². The van der Waals surface area contributed by atoms with E-state index in [1.165, 1.54) is 30.5 Å². The molecule has 80 heavy (non-hydrogen) atoms. The summed E-state index contributed by atoms with van der Waals surface area (Å²) in [6, 6.07) is -2.26. The molecule has 0 bridgehead atoms. The van der Waals surface area contributed by atoms with E-state index in [2.05, 4.69) is 52.5 Å². The van der Waals surface area contributed by atoms with Crippen molar-refractivity contribution in [3.05, 3.63) is 65.9 Å². The average Bonchev–Trinajstić information content (AvgIpc) is 3.81. The Morgan fingerprint density at radius 2 is 0.988 bits per heavy atom. The molecule has 29 heteroatoms. The number of carboxylic acid groups (broad SMARTS) is 2. The van der Waals surface area contributed by atoms with Crippen molar-refractivity contribution in [3.63, 3.8) is 0 Å². The molecule has 0 saturated carbocycles. The highest BCUT2D eigenvalue weighted by Crippen LogP contribution is 2.20. The number of aromatic nitrogens is 1. The van der Waals surface area contributed by atoms with Crippen LogP contribution in [0.1, 0.15) is 70.9 Å². The number of aromatic hydroxyl groups is 1. The number of carbonyl (C=O) groups excluding carboxylic acids is 8. The maximum absolute atomic E-state index is 14.4. The van der Waals surface area contributed by atoms with Gasteiger partial charge in [0.2, 0.25) is 47.3 Å². The summed E-state index contributed by atoms with van der Waals surface area (Å²) in [5.74, 6) is -12.3. The maximum atomic E-state index is 14.4. The number of H-pyrrole nitrogens is 1. The van der Waals surface area contributed by atoms with Gasteiger partial charge in [0.1, 0.15) is 60.1 Å². The third-order valence-corrected chi connectivity index (χ3v) is 12.2. The van der Waals surface area contributed by atoms with E-state index >= 15 is 0 Å². The Labute approximate surface area is 460 Å². The molecule has 1 heterocycles. The fourth-order valence-electron chi connectivity index (χ4n) is 8.01. The third-order valence-electron chi connectivity index (χ3n) is 12.2. The van der Waals surface area contributed by atoms with Gasteiger partial charge in [-0.2, -0.15) is 0 Å². The molecule has 1 aromatic heterocycles. The summed E-state index contributed by atoms with van der Waals surface area (Å²) in [4.78, 5) is 141. The number of aliphatic hydroxyl groups is 3. The minimum atomic E-state index is -1.98. The monoisotopic (exact) mass is 1130 g/mol. The van der Waals surface area contributed by atoms with Crippen molar-refractivity contribution in [2.75, 3.05) is 26.4 Å². The van der Waals surface area contributed by atoms with Crippen molar-refractivity contribution in [1.82, 2.24) is 47.5 Å². The van der Waals surface area contributed by atoms with Gasteiger partial charge in [-0.05, 0) is 66.8 Å². The summed E-state index contributed by atoms with van der Waals surface area (Å²) in [7, 11) is 0. The Morgan fingerprint density at radius 3 is 1.48 bits per heavy atom. The number of aromatic amines is 1. The van der Waals surface area contributed by atoms with Gasteiger partial charge in [-0.15, -0.1) is 0 Å². The first-order valence-electron chi connectivity index (χ1n) is 25.6. The number of nitrogens with two attached hydrogens (primary N) is 3. The number of phenolic OH excluding ortho intramolecular Hbond substituents is 1. The molecule has 0 fully saturated rings. The first-order chi connectivity index (χ1) is 37.8. The lowest BCUT2D eigenvalue weighted by molar-refractivity contribution is -0.143. The van der Waals surface area contributed by atoms with Gasteiger partial charge in [-0.3, -0.25) is 48.1 Å². The molecule has 9 atom stereocenters. The Morgan fingerprint density at radius 1 is 0.550 bits per heavy atom. The summed E-state index contributed by atoms with van der Waals surface area (Å²) in [5, 5.41) is 79.3. The number of aliphatic hydroxyl groups excluding tert-OH is 3. The number of aliphatic imine (C=N–C) groups is 1. The molecule has 3 aromatic rings. The SMILES string of the molecule is CC(C)C[C@H](NC(=O)[C@H](CC(C)C)NC(=O)[C@@H](N)CO)C(=O)N[C@@H](CO)C(=O)N[C@@H](CO)C(=O)N[C@@H](Cc1c[nH]c2ccccc12)C(=O)N[C@@H](CC(=O)O)C(=O)N[C@@H](Cc1ccc(O)cc1)C(=O)N[C@@H](CCCN=C(N)N)C(=O)O. The van der Waals surface area contributed by atoms with E-state index in [9.17, 15) is 78.6 Å². The first-order valence-corrected chi connectivity index (χ1v) is 25.6. The Balaban J connectivity index is 1.92. The number of amides is 8. The van der Waals surface area contributed by atoms with Crippen molar-refractivity contribution < 1.29 is 78.6 Å². The summed E-state index contributed by atoms with van der Waals surface area (Å²) < 4.78 is 0. The van der Waals surface area contributed by atoms with Gasteiger partial charge in [0.25, 0.3) is 0 Å². The standard InChI is InChI=1S/C51H75N13O16/c1-25(2)16-34(58-42(71)31(52)22-65)43(72)59-35(17-26(3)4)44(73)63-40(24-67)49(78)64-39(23-66)48(77)61-37(19-28-21-56-32-9-6-5-8-30(28)32)46(75)62-38(20-41(69)70)47(76)60-36(18-27-11-13-29(68)14-12-27)45(74)57-33(50(79)80)10-7-15-55-51(53)54/h5-6,8-9,11-14,21,25-26,31,33-40,56,65-68H,7,10,15-20,22-24,52H2,1-4H3,(H,57,74)(H,58,71)(H,59,72)(H,60,76)(H,61,77)(H,62,75)(H,63,73)(H,64,78)(H,69,70)(H,79,80)(H4,53,54,55)/t31-,33-,34-,35-,36-,37-,38-,39-,40-/m0/s1. The zero-order valence-corrected chi connectivity index (χ0v) is 44.8. The lowest BCUT2D eigenvalue weighted by Crippen LogP contribution is -2.62. The van der Waals surface area contributed by atoms with Crippen LogP contribution < -0.4 is 59.7 Å². The summed E-state index contributed by atoms with van der Waals surface area (Å²) >= 11 is 0. The molecule has 0 aliphatic rings. The van der Waals surface area contributed by atoms with Crippen LogP contribution in [0.5, 0.6) is 5.75 Å². The third kappa shape index (κ3) is 21.8. The van der Waals surface area contributed by atoms with Crippen molar-refractivity contribution in [2.45, 2.75) is 127 Å². The van der Waals surface area contributed by atoms with Gasteiger partial charge in [0.05, 0.1) is 26.2 Å². The lowest BCUT2D eigenvalue weighted by Gasteiger charge is -2.28. The molecule has 0 radical (unpaired) electrons. The van der Waals surface area contributed by atoms with Gasteiger partial charge in [0.15, 0.2) is 5.96 Å². The van der Waals surface area contributed by atoms with Gasteiger partial charge < -0.3 is 95.4 Å². The topological polar surface area (TPSA) is 495 Å². The number of carbonyl (C=O) groups is 10. The van der Waals surface area contributed by atoms with Crippen LogP contribution >= 0.6 is 0 Å². The van der Waals surface area contributed by atoms with Gasteiger partial charge in [0, 0.05) is 36.5 Å². The number of benzene rings is 2. The second kappa shape index (κ2) is 32.5. The smallest absolute Gasteiger partial charge is 0.326 e. The predicted molar refractivity (Wildman–Crippen MR) is 287 cm³/mol. The number of fused-ring (bicyclic) bond motifs is 1. The number of hydrogen-bond donors (Lipinski definition) is 18. The van der Waals surface area contributed by atoms with Crippen molar-refractivity contribution >= 4 is 76.1 Å². The highest BCUT2D eigenvalue weighted by atomic mass is 16.4. The number of nitrogens with one attached hydrogen (secondary N) is 9. The van der Waals surface area contributed by atoms with E-state index in [0.29, 0.717) is 22.0 Å². The first kappa shape index (κ1) is 65.9. The van der Waals surface area contributed by atoms with Crippen molar-refractivity contribution in [2.24, 2.45) is 34.0 Å². The second-order valence-corrected chi connectivity index (χ2v) is 19.7. The van der Waals surface area contributed by atoms with E-state index in [1.807, 2.05) is 0 Å². The van der Waals surface area contributed by atoms with Crippen molar-refractivity contribution in [1.29, 1.82) is 0 Å². The Bertz CT molecular complexity index is 2640. The van der Waals surface area contributed by atoms with Crippen LogP contribution in [0.2, 0.25) is 0 Å². The number of aliphatic carboxylic acids is 2. The highest BCUT2D eigenvalue weighted by molar-refractivity contribution is 5.99. The molecule has 0 spiro atoms. The molecule has 29 nitrogen and oxygen atoms in total. The fourth-order valence-corrected chi connectivity index (χ4v) is 8.01. The van der Waals surface area contributed by atoms with Crippen molar-refractivity contribution in [3.8, 4) is 5.75 Å². The van der Waals surface area contributed by atoms with Gasteiger partial charge in [-0.1, -0.05) is 58.0 Å². The molecule has 0 aliphatic heterocycles. The molecule has 2 aromatic carbocycles. The number of carboxylic acids is 2. The molecular formula is C51H75N13O16. The minimum absolute atomic E-state index is 0.00103. The van der Waals surface area contributed by atoms with E-state index in [0.717, 1.165) is 0 Å². The maximum Gasteiger partial charge on any atom is 0.326 e. The zero-order chi connectivity index (χ0) is 59.8. The quantitative estimate of drug-likeness (QED) is 0.0152.